The van der Waals surface area contributed by atoms with Crippen molar-refractivity contribution in [1.29, 1.82) is 0 Å². The van der Waals surface area contributed by atoms with Crippen LogP contribution in [0.5, 0.6) is 0 Å². The topological polar surface area (TPSA) is 72.3 Å². The molecule has 0 aliphatic rings. The van der Waals surface area contributed by atoms with Crippen LogP contribution in [-0.2, 0) is 0 Å². The molecule has 10 heavy (non-hydrogen) atoms. The van der Waals surface area contributed by atoms with E-state index >= 15 is 0 Å². The molecule has 0 aromatic carbocycles. The van der Waals surface area contributed by atoms with Crippen LogP contribution in [0.4, 0.5) is 0 Å². The maximum atomic E-state index is 8.81. The molecule has 3 nitrogen and oxygen atoms in total. The Labute approximate surface area is 62.4 Å². The maximum Gasteiger partial charge on any atom is 0.102 e. The summed E-state index contributed by atoms with van der Waals surface area (Å²) in [5.41, 5.74) is 10.7. The molecule has 0 heterocycles. The first-order chi connectivity index (χ1) is 4.34. The van der Waals surface area contributed by atoms with Gasteiger partial charge in [-0.2, -0.15) is 0 Å². The summed E-state index contributed by atoms with van der Waals surface area (Å²) in [7, 11) is 0. The van der Waals surface area contributed by atoms with Crippen LogP contribution < -0.4 is 11.5 Å². The highest BCUT2D eigenvalue weighted by Gasteiger charge is 2.21. The minimum Gasteiger partial charge on any atom is -0.379 e. The highest BCUT2D eigenvalue weighted by molar-refractivity contribution is 4.79. The van der Waals surface area contributed by atoms with Crippen LogP contribution in [0.15, 0.2) is 0 Å². The van der Waals surface area contributed by atoms with Gasteiger partial charge in [0.1, 0.15) is 6.23 Å². The summed E-state index contributed by atoms with van der Waals surface area (Å²) in [5.74, 6) is 0.243. The monoisotopic (exact) mass is 146 g/mol. The first kappa shape index (κ1) is 9.88. The Morgan fingerprint density at radius 3 is 2.00 bits per heavy atom. The van der Waals surface area contributed by atoms with E-state index in [1.165, 1.54) is 0 Å². The van der Waals surface area contributed by atoms with Crippen molar-refractivity contribution in [2.24, 2.45) is 17.4 Å². The van der Waals surface area contributed by atoms with Crippen molar-refractivity contribution in [2.75, 3.05) is 0 Å². The molecular formula is C7H18N2O. The zero-order valence-electron chi connectivity index (χ0n) is 6.96. The van der Waals surface area contributed by atoms with E-state index in [1.54, 1.807) is 0 Å². The standard InChI is InChI=1S/C7H18N2O/c1-5(4-6(8)10)7(2,3)9/h5-6,10H,4,8-9H2,1-3H3. The van der Waals surface area contributed by atoms with Gasteiger partial charge in [-0.1, -0.05) is 6.92 Å². The molecule has 0 fully saturated rings. The fourth-order valence-corrected chi connectivity index (χ4v) is 0.666. The van der Waals surface area contributed by atoms with Gasteiger partial charge in [0.25, 0.3) is 0 Å². The van der Waals surface area contributed by atoms with Gasteiger partial charge in [-0.3, -0.25) is 0 Å². The molecule has 62 valence electrons. The summed E-state index contributed by atoms with van der Waals surface area (Å²) in [6, 6.07) is 0. The van der Waals surface area contributed by atoms with Crippen LogP contribution in [0.25, 0.3) is 0 Å². The van der Waals surface area contributed by atoms with E-state index in [2.05, 4.69) is 0 Å². The summed E-state index contributed by atoms with van der Waals surface area (Å²) >= 11 is 0. The van der Waals surface area contributed by atoms with Gasteiger partial charge in [0.05, 0.1) is 0 Å². The van der Waals surface area contributed by atoms with Crippen molar-refractivity contribution in [3.05, 3.63) is 0 Å². The van der Waals surface area contributed by atoms with E-state index in [0.29, 0.717) is 6.42 Å². The summed E-state index contributed by atoms with van der Waals surface area (Å²) < 4.78 is 0. The zero-order chi connectivity index (χ0) is 8.36. The molecule has 0 saturated heterocycles. The largest absolute Gasteiger partial charge is 0.379 e. The maximum absolute atomic E-state index is 8.81. The fraction of sp³-hybridized carbons (Fsp3) is 1.00. The second kappa shape index (κ2) is 3.32. The molecule has 5 N–H and O–H groups in total. The highest BCUT2D eigenvalue weighted by Crippen LogP contribution is 2.16. The SMILES string of the molecule is CC(CC(N)O)C(C)(C)N. The summed E-state index contributed by atoms with van der Waals surface area (Å²) in [4.78, 5) is 0. The Kier molecular flexibility index (Phi) is 3.28. The molecule has 2 atom stereocenters. The van der Waals surface area contributed by atoms with E-state index < -0.39 is 6.23 Å². The normalized spacial score (nSPS) is 18.6. The second-order valence-electron chi connectivity index (χ2n) is 3.53. The van der Waals surface area contributed by atoms with Gasteiger partial charge in [-0.15, -0.1) is 0 Å². The third-order valence-electron chi connectivity index (χ3n) is 1.87. The zero-order valence-corrected chi connectivity index (χ0v) is 6.96. The van der Waals surface area contributed by atoms with Crippen molar-refractivity contribution in [3.63, 3.8) is 0 Å². The molecule has 0 bridgehead atoms. The minimum atomic E-state index is -0.738. The Morgan fingerprint density at radius 1 is 1.50 bits per heavy atom. The van der Waals surface area contributed by atoms with Crippen LogP contribution in [0.3, 0.4) is 0 Å². The lowest BCUT2D eigenvalue weighted by Crippen LogP contribution is -2.42. The van der Waals surface area contributed by atoms with Gasteiger partial charge in [-0.05, 0) is 26.2 Å². The molecule has 2 unspecified atom stereocenters. The lowest BCUT2D eigenvalue weighted by Gasteiger charge is -2.27. The molecule has 0 amide bonds. The van der Waals surface area contributed by atoms with Crippen molar-refractivity contribution in [2.45, 2.75) is 39.0 Å². The van der Waals surface area contributed by atoms with Crippen molar-refractivity contribution in [1.82, 2.24) is 0 Å². The number of hydrogen-bond acceptors (Lipinski definition) is 3. The lowest BCUT2D eigenvalue weighted by molar-refractivity contribution is 0.133. The Bertz CT molecular complexity index is 96.3. The molecule has 0 saturated carbocycles. The summed E-state index contributed by atoms with van der Waals surface area (Å²) in [6.45, 7) is 5.84. The molecule has 0 aliphatic carbocycles. The smallest absolute Gasteiger partial charge is 0.102 e. The first-order valence-electron chi connectivity index (χ1n) is 3.56. The Balaban J connectivity index is 3.73. The number of rotatable bonds is 3. The van der Waals surface area contributed by atoms with Crippen LogP contribution in [-0.4, -0.2) is 16.9 Å². The molecule has 0 rings (SSSR count). The molecule has 0 spiro atoms. The van der Waals surface area contributed by atoms with Crippen molar-refractivity contribution >= 4 is 0 Å². The van der Waals surface area contributed by atoms with Gasteiger partial charge in [0.15, 0.2) is 0 Å². The van der Waals surface area contributed by atoms with Crippen LogP contribution in [0.1, 0.15) is 27.2 Å². The Morgan fingerprint density at radius 2 is 1.90 bits per heavy atom. The van der Waals surface area contributed by atoms with Crippen LogP contribution in [0.2, 0.25) is 0 Å². The number of aliphatic hydroxyl groups excluding tert-OH is 1. The molecular weight excluding hydrogens is 128 g/mol. The third-order valence-corrected chi connectivity index (χ3v) is 1.87. The predicted octanol–water partition coefficient (Wildman–Crippen LogP) is 0.0270. The van der Waals surface area contributed by atoms with E-state index in [1.807, 2.05) is 20.8 Å². The van der Waals surface area contributed by atoms with E-state index in [9.17, 15) is 0 Å². The minimum absolute atomic E-state index is 0.243. The fourth-order valence-electron chi connectivity index (χ4n) is 0.666. The van der Waals surface area contributed by atoms with Crippen LogP contribution >= 0.6 is 0 Å². The highest BCUT2D eigenvalue weighted by atomic mass is 16.3. The summed E-state index contributed by atoms with van der Waals surface area (Å²) in [6.07, 6.45) is -0.179. The van der Waals surface area contributed by atoms with Gasteiger partial charge >= 0.3 is 0 Å². The number of nitrogens with two attached hydrogens (primary N) is 2. The van der Waals surface area contributed by atoms with Gasteiger partial charge in [-0.25, -0.2) is 0 Å². The quantitative estimate of drug-likeness (QED) is 0.492. The molecule has 0 aromatic rings. The van der Waals surface area contributed by atoms with E-state index in [-0.39, 0.29) is 11.5 Å². The van der Waals surface area contributed by atoms with Gasteiger partial charge in [0.2, 0.25) is 0 Å². The van der Waals surface area contributed by atoms with Gasteiger partial charge < -0.3 is 16.6 Å². The van der Waals surface area contributed by atoms with E-state index in [4.69, 9.17) is 16.6 Å². The average Bonchev–Trinajstić information content (AvgIpc) is 1.60. The predicted molar refractivity (Wildman–Crippen MR) is 42.2 cm³/mol. The van der Waals surface area contributed by atoms with E-state index in [0.717, 1.165) is 0 Å². The molecule has 0 aromatic heterocycles. The molecule has 0 aliphatic heterocycles. The van der Waals surface area contributed by atoms with Crippen molar-refractivity contribution < 1.29 is 5.11 Å². The van der Waals surface area contributed by atoms with Crippen molar-refractivity contribution in [3.8, 4) is 0 Å². The third kappa shape index (κ3) is 3.82. The number of hydrogen-bond donors (Lipinski definition) is 3. The van der Waals surface area contributed by atoms with Crippen LogP contribution in [0, 0.1) is 5.92 Å². The lowest BCUT2D eigenvalue weighted by atomic mass is 9.87. The molecule has 0 radical (unpaired) electrons. The first-order valence-corrected chi connectivity index (χ1v) is 3.56. The average molecular weight is 146 g/mol. The summed E-state index contributed by atoms with van der Waals surface area (Å²) in [5, 5.41) is 8.81. The molecule has 3 heteroatoms. The van der Waals surface area contributed by atoms with Gasteiger partial charge in [0, 0.05) is 5.54 Å². The Hall–Kier alpha value is -0.120. The number of aliphatic hydroxyl groups is 1. The second-order valence-corrected chi connectivity index (χ2v) is 3.53.